The van der Waals surface area contributed by atoms with E-state index in [0.717, 1.165) is 12.8 Å². The number of anilines is 1. The highest BCUT2D eigenvalue weighted by Gasteiger charge is 2.28. The minimum Gasteiger partial charge on any atom is -0.352 e. The van der Waals surface area contributed by atoms with E-state index in [-0.39, 0.29) is 23.6 Å². The van der Waals surface area contributed by atoms with Crippen molar-refractivity contribution in [3.8, 4) is 0 Å². The molecule has 29 heavy (non-hydrogen) atoms. The molecule has 0 saturated carbocycles. The second-order valence-electron chi connectivity index (χ2n) is 6.78. The van der Waals surface area contributed by atoms with E-state index >= 15 is 0 Å². The van der Waals surface area contributed by atoms with Crippen LogP contribution >= 0.6 is 22.9 Å². The molecule has 154 valence electrons. The molecule has 1 atom stereocenters. The molecule has 0 unspecified atom stereocenters. The molecular weight excluding hydrogens is 414 g/mol. The molecule has 0 radical (unpaired) electrons. The average molecular weight is 436 g/mol. The Morgan fingerprint density at radius 2 is 2.03 bits per heavy atom. The van der Waals surface area contributed by atoms with Gasteiger partial charge in [0.2, 0.25) is 16.9 Å². The van der Waals surface area contributed by atoms with Crippen LogP contribution in [0.3, 0.4) is 0 Å². The molecule has 3 amide bonds. The molecule has 1 saturated heterocycles. The van der Waals surface area contributed by atoms with Crippen molar-refractivity contribution in [3.63, 3.8) is 0 Å². The van der Waals surface area contributed by atoms with Gasteiger partial charge in [0.1, 0.15) is 5.51 Å². The molecule has 0 spiro atoms. The fourth-order valence-corrected chi connectivity index (χ4v) is 3.73. The summed E-state index contributed by atoms with van der Waals surface area (Å²) in [6, 6.07) is 6.63. The second kappa shape index (κ2) is 10.3. The van der Waals surface area contributed by atoms with E-state index in [1.165, 1.54) is 11.3 Å². The zero-order valence-electron chi connectivity index (χ0n) is 15.8. The molecule has 0 aliphatic carbocycles. The fourth-order valence-electron chi connectivity index (χ4n) is 3.16. The van der Waals surface area contributed by atoms with Gasteiger partial charge in [-0.2, -0.15) is 0 Å². The number of aromatic nitrogens is 2. The second-order valence-corrected chi connectivity index (χ2v) is 8.05. The third kappa shape index (κ3) is 6.23. The fraction of sp³-hybridized carbons (Fsp3) is 0.421. The first kappa shape index (κ1) is 21.2. The van der Waals surface area contributed by atoms with Gasteiger partial charge in [-0.05, 0) is 43.5 Å². The molecule has 1 aliphatic heterocycles. The summed E-state index contributed by atoms with van der Waals surface area (Å²) in [5, 5.41) is 14.1. The van der Waals surface area contributed by atoms with Crippen LogP contribution in [-0.4, -0.2) is 52.5 Å². The Morgan fingerprint density at radius 1 is 1.24 bits per heavy atom. The molecule has 2 heterocycles. The summed E-state index contributed by atoms with van der Waals surface area (Å²) < 4.78 is 0. The van der Waals surface area contributed by atoms with Gasteiger partial charge in [-0.3, -0.25) is 14.4 Å². The predicted octanol–water partition coefficient (Wildman–Crippen LogP) is 2.58. The molecule has 3 rings (SSSR count). The van der Waals surface area contributed by atoms with Gasteiger partial charge in [-0.15, -0.1) is 10.2 Å². The summed E-state index contributed by atoms with van der Waals surface area (Å²) in [5.74, 6) is -0.574. The molecule has 1 aromatic carbocycles. The van der Waals surface area contributed by atoms with Crippen LogP contribution in [0.25, 0.3) is 0 Å². The van der Waals surface area contributed by atoms with Gasteiger partial charge in [0.25, 0.3) is 5.91 Å². The Labute approximate surface area is 177 Å². The van der Waals surface area contributed by atoms with Crippen molar-refractivity contribution < 1.29 is 14.4 Å². The molecule has 8 nitrogen and oxygen atoms in total. The Morgan fingerprint density at radius 3 is 2.76 bits per heavy atom. The number of nitrogens with zero attached hydrogens (tertiary/aromatic N) is 3. The minimum absolute atomic E-state index is 0.000780. The van der Waals surface area contributed by atoms with Crippen LogP contribution in [0.1, 0.15) is 36.0 Å². The van der Waals surface area contributed by atoms with E-state index in [9.17, 15) is 14.4 Å². The van der Waals surface area contributed by atoms with Gasteiger partial charge < -0.3 is 15.5 Å². The maximum absolute atomic E-state index is 12.5. The maximum Gasteiger partial charge on any atom is 0.251 e. The summed E-state index contributed by atoms with van der Waals surface area (Å²) in [5.41, 5.74) is 2.08. The highest BCUT2D eigenvalue weighted by Crippen LogP contribution is 2.20. The van der Waals surface area contributed by atoms with Gasteiger partial charge in [-0.25, -0.2) is 0 Å². The lowest BCUT2D eigenvalue weighted by molar-refractivity contribution is -0.134. The Bertz CT molecular complexity index is 844. The lowest BCUT2D eigenvalue weighted by atomic mass is 9.97. The lowest BCUT2D eigenvalue weighted by Crippen LogP contribution is -2.43. The topological polar surface area (TPSA) is 104 Å². The normalized spacial score (nSPS) is 16.3. The van der Waals surface area contributed by atoms with E-state index < -0.39 is 0 Å². The van der Waals surface area contributed by atoms with E-state index in [1.807, 2.05) is 0 Å². The average Bonchev–Trinajstić information content (AvgIpc) is 3.24. The van der Waals surface area contributed by atoms with Crippen molar-refractivity contribution in [1.29, 1.82) is 0 Å². The summed E-state index contributed by atoms with van der Waals surface area (Å²) in [7, 11) is 0. The molecule has 2 N–H and O–H groups in total. The first-order valence-electron chi connectivity index (χ1n) is 9.41. The summed E-state index contributed by atoms with van der Waals surface area (Å²) in [6.07, 6.45) is 2.39. The van der Waals surface area contributed by atoms with E-state index in [0.29, 0.717) is 48.2 Å². The molecule has 10 heteroatoms. The highest BCUT2D eigenvalue weighted by molar-refractivity contribution is 7.13. The van der Waals surface area contributed by atoms with Crippen molar-refractivity contribution in [2.24, 2.45) is 5.92 Å². The number of nitrogens with one attached hydrogen (secondary N) is 2. The van der Waals surface area contributed by atoms with Crippen molar-refractivity contribution in [2.45, 2.75) is 25.7 Å². The van der Waals surface area contributed by atoms with Gasteiger partial charge in [0.15, 0.2) is 0 Å². The summed E-state index contributed by atoms with van der Waals surface area (Å²) >= 11 is 7.07. The number of benzene rings is 1. The van der Waals surface area contributed by atoms with Crippen molar-refractivity contribution in [1.82, 2.24) is 20.4 Å². The molecule has 1 aromatic heterocycles. The van der Waals surface area contributed by atoms with Crippen LogP contribution in [-0.2, 0) is 9.59 Å². The van der Waals surface area contributed by atoms with Crippen LogP contribution < -0.4 is 10.6 Å². The van der Waals surface area contributed by atoms with Gasteiger partial charge >= 0.3 is 0 Å². The van der Waals surface area contributed by atoms with Crippen LogP contribution in [0.2, 0.25) is 5.02 Å². The third-order valence-corrected chi connectivity index (χ3v) is 5.55. The molecule has 2 aromatic rings. The quantitative estimate of drug-likeness (QED) is 0.650. The molecule has 1 fully saturated rings. The predicted molar refractivity (Wildman–Crippen MR) is 111 cm³/mol. The van der Waals surface area contributed by atoms with Crippen molar-refractivity contribution in [2.75, 3.05) is 25.0 Å². The first-order chi connectivity index (χ1) is 14.0. The van der Waals surface area contributed by atoms with Crippen LogP contribution in [0.4, 0.5) is 5.13 Å². The number of carbonyl (C=O) groups excluding carboxylic acids is 3. The Hall–Kier alpha value is -2.52. The first-order valence-corrected chi connectivity index (χ1v) is 10.7. The van der Waals surface area contributed by atoms with E-state index in [2.05, 4.69) is 20.8 Å². The zero-order chi connectivity index (χ0) is 20.6. The van der Waals surface area contributed by atoms with Gasteiger partial charge in [-0.1, -0.05) is 22.9 Å². The standard InChI is InChI=1S/C19H22ClN5O3S/c20-15-7-5-13(6-8-15)17(27)21-9-1-4-16(26)25-10-2-3-14(11-25)18(28)23-19-24-22-12-29-19/h5-8,12,14H,1-4,9-11H2,(H,21,27)(H,23,24,28)/t14-/m1/s1. The number of likely N-dealkylation sites (tertiary alicyclic amines) is 1. The number of hydrogen-bond acceptors (Lipinski definition) is 6. The Balaban J connectivity index is 1.39. The number of rotatable bonds is 7. The third-order valence-electron chi connectivity index (χ3n) is 4.69. The van der Waals surface area contributed by atoms with E-state index in [1.54, 1.807) is 34.7 Å². The van der Waals surface area contributed by atoms with Crippen LogP contribution in [0.15, 0.2) is 29.8 Å². The maximum atomic E-state index is 12.5. The SMILES string of the molecule is O=C(NCCCC(=O)N1CCC[C@@H](C(=O)Nc2nncs2)C1)c1ccc(Cl)cc1. The molecular formula is C19H22ClN5O3S. The van der Waals surface area contributed by atoms with Crippen molar-refractivity contribution >= 4 is 45.8 Å². The Kier molecular flexibility index (Phi) is 7.54. The number of amides is 3. The van der Waals surface area contributed by atoms with E-state index in [4.69, 9.17) is 11.6 Å². The lowest BCUT2D eigenvalue weighted by Gasteiger charge is -2.32. The number of piperidine rings is 1. The molecule has 0 bridgehead atoms. The number of carbonyl (C=O) groups is 3. The summed E-state index contributed by atoms with van der Waals surface area (Å²) in [4.78, 5) is 38.6. The van der Waals surface area contributed by atoms with Gasteiger partial charge in [0.05, 0.1) is 5.92 Å². The highest BCUT2D eigenvalue weighted by atomic mass is 35.5. The monoisotopic (exact) mass is 435 g/mol. The zero-order valence-corrected chi connectivity index (χ0v) is 17.3. The summed E-state index contributed by atoms with van der Waals surface area (Å²) in [6.45, 7) is 1.46. The smallest absolute Gasteiger partial charge is 0.251 e. The van der Waals surface area contributed by atoms with Crippen LogP contribution in [0.5, 0.6) is 0 Å². The van der Waals surface area contributed by atoms with Crippen LogP contribution in [0, 0.1) is 5.92 Å². The van der Waals surface area contributed by atoms with Crippen molar-refractivity contribution in [3.05, 3.63) is 40.4 Å². The molecule has 1 aliphatic rings. The largest absolute Gasteiger partial charge is 0.352 e. The van der Waals surface area contributed by atoms with Gasteiger partial charge in [0, 0.05) is 36.6 Å². The minimum atomic E-state index is -0.249. The number of halogens is 1. The number of hydrogen-bond donors (Lipinski definition) is 2.